The maximum absolute atomic E-state index is 4.39. The number of rotatable bonds is 5. The molecule has 0 fully saturated rings. The van der Waals surface area contributed by atoms with E-state index in [-0.39, 0.29) is 0 Å². The van der Waals surface area contributed by atoms with Gasteiger partial charge in [-0.05, 0) is 30.7 Å². The Morgan fingerprint density at radius 1 is 0.879 bits per heavy atom. The molecule has 0 atom stereocenters. The lowest BCUT2D eigenvalue weighted by molar-refractivity contribution is 1.19. The number of fused-ring (bicyclic) bond motifs is 5. The first kappa shape index (κ1) is 20.6. The van der Waals surface area contributed by atoms with Crippen LogP contribution in [0.5, 0.6) is 0 Å². The number of hydrogen-bond acceptors (Lipinski definition) is 1. The summed E-state index contributed by atoms with van der Waals surface area (Å²) in [5, 5.41) is 4.80. The second kappa shape index (κ2) is 8.33. The maximum Gasteiger partial charge on any atom is 0.0641 e. The zero-order valence-corrected chi connectivity index (χ0v) is 18.8. The Balaban J connectivity index is 2.05. The molecule has 1 aliphatic rings. The van der Waals surface area contributed by atoms with Gasteiger partial charge in [-0.15, -0.1) is 0 Å². The molecule has 1 aromatic heterocycles. The van der Waals surface area contributed by atoms with Crippen LogP contribution in [0, 0.1) is 0 Å². The Morgan fingerprint density at radius 2 is 1.61 bits per heavy atom. The van der Waals surface area contributed by atoms with E-state index in [0.717, 1.165) is 61.5 Å². The Bertz CT molecular complexity index is 1480. The van der Waals surface area contributed by atoms with Crippen molar-refractivity contribution in [1.82, 2.24) is 4.57 Å². The number of nitrogens with one attached hydrogen (secondary N) is 1. The third-order valence-electron chi connectivity index (χ3n) is 6.15. The number of anilines is 1. The number of hydrogen-bond donors (Lipinski definition) is 1. The minimum Gasteiger partial charge on any atom is -0.354 e. The highest BCUT2D eigenvalue weighted by atomic mass is 15.0. The van der Waals surface area contributed by atoms with Crippen molar-refractivity contribution in [2.75, 3.05) is 5.32 Å². The first-order valence-electron chi connectivity index (χ1n) is 11.1. The fraction of sp³-hybridized carbons (Fsp3) is 0.0323. The van der Waals surface area contributed by atoms with Gasteiger partial charge in [0, 0.05) is 44.7 Å². The molecule has 0 radical (unpaired) electrons. The van der Waals surface area contributed by atoms with Crippen LogP contribution < -0.4 is 5.32 Å². The van der Waals surface area contributed by atoms with Crippen LogP contribution >= 0.6 is 0 Å². The summed E-state index contributed by atoms with van der Waals surface area (Å²) in [5.41, 5.74) is 10.8. The Labute approximate surface area is 195 Å². The summed E-state index contributed by atoms with van der Waals surface area (Å²) in [6.45, 7) is 14.7. The highest BCUT2D eigenvalue weighted by Crippen LogP contribution is 2.48. The lowest BCUT2D eigenvalue weighted by atomic mass is 9.96. The summed E-state index contributed by atoms with van der Waals surface area (Å²) in [4.78, 5) is 0. The van der Waals surface area contributed by atoms with Gasteiger partial charge in [0.15, 0.2) is 0 Å². The van der Waals surface area contributed by atoms with Crippen LogP contribution in [-0.4, -0.2) is 4.57 Å². The van der Waals surface area contributed by atoms with E-state index in [4.69, 9.17) is 0 Å². The number of para-hydroxylation sites is 2. The van der Waals surface area contributed by atoms with Crippen molar-refractivity contribution in [3.63, 3.8) is 0 Å². The summed E-state index contributed by atoms with van der Waals surface area (Å²) in [6.07, 6.45) is 7.93. The highest BCUT2D eigenvalue weighted by molar-refractivity contribution is 6.12. The molecule has 2 heterocycles. The van der Waals surface area contributed by atoms with Gasteiger partial charge in [-0.2, -0.15) is 0 Å². The van der Waals surface area contributed by atoms with Crippen molar-refractivity contribution in [2.45, 2.75) is 6.92 Å². The largest absolute Gasteiger partial charge is 0.354 e. The molecule has 0 aliphatic carbocycles. The first-order valence-corrected chi connectivity index (χ1v) is 11.1. The maximum atomic E-state index is 4.39. The van der Waals surface area contributed by atoms with Crippen molar-refractivity contribution in [1.29, 1.82) is 0 Å². The van der Waals surface area contributed by atoms with Gasteiger partial charge in [0.05, 0.1) is 11.2 Å². The second-order valence-electron chi connectivity index (χ2n) is 8.02. The molecule has 0 bridgehead atoms. The lowest BCUT2D eigenvalue weighted by Crippen LogP contribution is -2.00. The van der Waals surface area contributed by atoms with Crippen molar-refractivity contribution in [2.24, 2.45) is 0 Å². The van der Waals surface area contributed by atoms with Gasteiger partial charge in [-0.3, -0.25) is 0 Å². The van der Waals surface area contributed by atoms with Gasteiger partial charge in [0.1, 0.15) is 0 Å². The van der Waals surface area contributed by atoms with E-state index in [0.29, 0.717) is 0 Å². The molecule has 2 nitrogen and oxygen atoms in total. The third-order valence-corrected chi connectivity index (χ3v) is 6.15. The van der Waals surface area contributed by atoms with Gasteiger partial charge in [-0.25, -0.2) is 0 Å². The summed E-state index contributed by atoms with van der Waals surface area (Å²) in [5.74, 6) is 0. The highest BCUT2D eigenvalue weighted by Gasteiger charge is 2.28. The van der Waals surface area contributed by atoms with Crippen molar-refractivity contribution >= 4 is 27.9 Å². The van der Waals surface area contributed by atoms with Crippen LogP contribution in [0.2, 0.25) is 0 Å². The summed E-state index contributed by atoms with van der Waals surface area (Å²) >= 11 is 0. The van der Waals surface area contributed by atoms with E-state index < -0.39 is 0 Å². The van der Waals surface area contributed by atoms with Gasteiger partial charge in [-0.1, -0.05) is 98.6 Å². The first-order chi connectivity index (χ1) is 16.2. The molecular weight excluding hydrogens is 400 g/mol. The fourth-order valence-corrected chi connectivity index (χ4v) is 4.75. The minimum absolute atomic E-state index is 0.831. The minimum atomic E-state index is 0.831. The van der Waals surface area contributed by atoms with Crippen LogP contribution in [-0.2, 0) is 0 Å². The zero-order chi connectivity index (χ0) is 22.9. The molecule has 1 aliphatic heterocycles. The van der Waals surface area contributed by atoms with Crippen molar-refractivity contribution < 1.29 is 0 Å². The van der Waals surface area contributed by atoms with Gasteiger partial charge >= 0.3 is 0 Å². The average Bonchev–Trinajstić information content (AvgIpc) is 3.13. The second-order valence-corrected chi connectivity index (χ2v) is 8.02. The van der Waals surface area contributed by atoms with E-state index in [1.165, 1.54) is 0 Å². The van der Waals surface area contributed by atoms with Crippen LogP contribution in [0.3, 0.4) is 0 Å². The van der Waals surface area contributed by atoms with E-state index in [9.17, 15) is 0 Å². The molecule has 0 saturated carbocycles. The molecule has 5 rings (SSSR count). The molecule has 0 amide bonds. The molecule has 3 aromatic carbocycles. The van der Waals surface area contributed by atoms with Crippen LogP contribution in [0.15, 0.2) is 123 Å². The number of nitrogens with zero attached hydrogens (tertiary/aromatic N) is 1. The number of aromatic nitrogens is 1. The van der Waals surface area contributed by atoms with Gasteiger partial charge < -0.3 is 9.88 Å². The van der Waals surface area contributed by atoms with E-state index >= 15 is 0 Å². The smallest absolute Gasteiger partial charge is 0.0641 e. The monoisotopic (exact) mass is 426 g/mol. The predicted octanol–water partition coefficient (Wildman–Crippen LogP) is 8.53. The van der Waals surface area contributed by atoms with Crippen LogP contribution in [0.1, 0.15) is 12.5 Å². The number of allylic oxidation sites excluding steroid dienone is 6. The quantitative estimate of drug-likeness (QED) is 0.316. The molecular formula is C31H26N2. The summed E-state index contributed by atoms with van der Waals surface area (Å²) in [7, 11) is 0. The fourth-order valence-electron chi connectivity index (χ4n) is 4.75. The molecule has 4 aromatic rings. The topological polar surface area (TPSA) is 17.0 Å². The number of benzene rings is 3. The van der Waals surface area contributed by atoms with Crippen molar-refractivity contribution in [3.05, 3.63) is 128 Å². The van der Waals surface area contributed by atoms with E-state index in [1.807, 2.05) is 25.1 Å². The molecule has 33 heavy (non-hydrogen) atoms. The molecule has 0 unspecified atom stereocenters. The van der Waals surface area contributed by atoms with Gasteiger partial charge in [0.25, 0.3) is 0 Å². The summed E-state index contributed by atoms with van der Waals surface area (Å²) in [6, 6.07) is 25.4. The molecule has 1 N–H and O–H groups in total. The lowest BCUT2D eigenvalue weighted by Gasteiger charge is -2.16. The molecule has 0 spiro atoms. The van der Waals surface area contributed by atoms with Crippen molar-refractivity contribution in [3.8, 4) is 22.4 Å². The van der Waals surface area contributed by atoms with E-state index in [1.54, 1.807) is 0 Å². The molecule has 160 valence electrons. The van der Waals surface area contributed by atoms with Crippen LogP contribution in [0.25, 0.3) is 44.6 Å². The zero-order valence-electron chi connectivity index (χ0n) is 18.8. The Hall–Kier alpha value is -4.30. The van der Waals surface area contributed by atoms with Gasteiger partial charge in [0.2, 0.25) is 0 Å². The summed E-state index contributed by atoms with van der Waals surface area (Å²) < 4.78 is 2.25. The molecule has 2 heteroatoms. The third kappa shape index (κ3) is 3.19. The van der Waals surface area contributed by atoms with Crippen LogP contribution in [0.4, 0.5) is 5.69 Å². The molecule has 0 saturated heterocycles. The van der Waals surface area contributed by atoms with E-state index in [2.05, 4.69) is 109 Å². The predicted molar refractivity (Wildman–Crippen MR) is 144 cm³/mol. The standard InChI is InChI=1S/C31H26N2/c1-5-14-27-23(7-3)29-26-19-13-18-24(22-15-9-8-10-16-22)30(26)33(21(4)6-2)31(29)25-17-11-12-20-28(25)32-27/h5-20,32H,2-4H2,1H3/b14-5-. The SMILES string of the molecule is C=CC(=C)n1c2c(c3cccc(-c4ccccc4)c31)C(C=C)=C(/C=C\C)Nc1ccccc1-2. The Morgan fingerprint density at radius 3 is 2.33 bits per heavy atom. The average molecular weight is 427 g/mol. The normalized spacial score (nSPS) is 12.8. The Kier molecular flexibility index (Phi) is 5.20.